The second-order valence-electron chi connectivity index (χ2n) is 7.92. The Kier molecular flexibility index (Phi) is 8.88. The number of phenolic OH excluding ortho intramolecular Hbond substituents is 1. The van der Waals surface area contributed by atoms with E-state index in [1.54, 1.807) is 6.07 Å². The molecule has 0 heterocycles. The summed E-state index contributed by atoms with van der Waals surface area (Å²) in [7, 11) is -4.18. The first kappa shape index (κ1) is 24.6. The highest BCUT2D eigenvalue weighted by molar-refractivity contribution is 7.99. The van der Waals surface area contributed by atoms with Gasteiger partial charge in [0.2, 0.25) is 0 Å². The maximum absolute atomic E-state index is 11.4. The van der Waals surface area contributed by atoms with Crippen molar-refractivity contribution in [1.29, 1.82) is 0 Å². The van der Waals surface area contributed by atoms with Gasteiger partial charge in [0, 0.05) is 9.92 Å². The average Bonchev–Trinajstić information content (AvgIpc) is 3.58. The van der Waals surface area contributed by atoms with Gasteiger partial charge in [0.05, 0.1) is 11.5 Å². The van der Waals surface area contributed by atoms with Crippen molar-refractivity contribution in [2.75, 3.05) is 6.61 Å². The van der Waals surface area contributed by atoms with Crippen LogP contribution in [0.4, 0.5) is 0 Å². The molecule has 1 aliphatic carbocycles. The van der Waals surface area contributed by atoms with Crippen molar-refractivity contribution in [2.45, 2.75) is 61.2 Å². The van der Waals surface area contributed by atoms with Crippen LogP contribution in [0.1, 0.15) is 56.1 Å². The summed E-state index contributed by atoms with van der Waals surface area (Å²) < 4.78 is 20.4. The summed E-state index contributed by atoms with van der Waals surface area (Å²) in [6.45, 7) is 2.15. The smallest absolute Gasteiger partial charge is 0.488 e. The molecule has 0 aromatic heterocycles. The molecule has 31 heavy (non-hydrogen) atoms. The molecule has 9 heteroatoms. The Labute approximate surface area is 192 Å². The Morgan fingerprint density at radius 3 is 2.68 bits per heavy atom. The second kappa shape index (κ2) is 11.2. The number of halogens is 1. The molecule has 0 aliphatic heterocycles. The molecule has 3 rings (SSSR count). The number of nitrogens with two attached hydrogens (primary N) is 1. The predicted octanol–water partition coefficient (Wildman–Crippen LogP) is 6.43. The number of phosphoric ester groups is 1. The Balaban J connectivity index is 1.61. The van der Waals surface area contributed by atoms with Crippen molar-refractivity contribution < 1.29 is 23.7 Å². The number of benzene rings is 2. The van der Waals surface area contributed by atoms with Crippen LogP contribution in [-0.2, 0) is 20.1 Å². The van der Waals surface area contributed by atoms with Gasteiger partial charge in [-0.05, 0) is 79.3 Å². The molecular weight excluding hydrogens is 457 g/mol. The van der Waals surface area contributed by atoms with Crippen molar-refractivity contribution in [1.82, 2.24) is 0 Å². The highest BCUT2D eigenvalue weighted by Crippen LogP contribution is 2.44. The Hall–Kier alpha value is -1.05. The van der Waals surface area contributed by atoms with Crippen LogP contribution in [-0.4, -0.2) is 16.6 Å². The summed E-state index contributed by atoms with van der Waals surface area (Å²) in [6.07, 6.45) is 5.70. The number of phenols is 1. The van der Waals surface area contributed by atoms with Crippen LogP contribution >= 0.6 is 31.2 Å². The van der Waals surface area contributed by atoms with Gasteiger partial charge in [-0.15, -0.1) is 0 Å². The molecule has 0 spiro atoms. The van der Waals surface area contributed by atoms with Crippen molar-refractivity contribution in [3.63, 3.8) is 0 Å². The highest BCUT2D eigenvalue weighted by Gasteiger charge is 2.24. The topological polar surface area (TPSA) is 102 Å². The third-order valence-corrected chi connectivity index (χ3v) is 7.54. The van der Waals surface area contributed by atoms with Gasteiger partial charge in [-0.2, -0.15) is 0 Å². The predicted molar refractivity (Wildman–Crippen MR) is 123 cm³/mol. The SMILES string of the molecule is CCCC(CCc1ccc(Sc2cc(C3CC3)ccc2O)cc1Cl)COP(=O)(O)ON. The van der Waals surface area contributed by atoms with Crippen molar-refractivity contribution in [2.24, 2.45) is 11.8 Å². The van der Waals surface area contributed by atoms with Gasteiger partial charge in [0.1, 0.15) is 5.75 Å². The largest absolute Gasteiger partial charge is 0.507 e. The molecule has 1 saturated carbocycles. The Morgan fingerprint density at radius 1 is 1.26 bits per heavy atom. The number of phosphoric acid groups is 1. The number of aromatic hydroxyl groups is 1. The van der Waals surface area contributed by atoms with Crippen LogP contribution in [0.15, 0.2) is 46.2 Å². The van der Waals surface area contributed by atoms with E-state index in [0.717, 1.165) is 41.0 Å². The first-order valence-electron chi connectivity index (χ1n) is 10.5. The lowest BCUT2D eigenvalue weighted by atomic mass is 9.96. The van der Waals surface area contributed by atoms with Gasteiger partial charge in [0.15, 0.2) is 0 Å². The number of aryl methyl sites for hydroxylation is 1. The van der Waals surface area contributed by atoms with E-state index < -0.39 is 7.82 Å². The molecule has 0 amide bonds. The van der Waals surface area contributed by atoms with Crippen LogP contribution < -0.4 is 5.90 Å². The quantitative estimate of drug-likeness (QED) is 0.235. The highest BCUT2D eigenvalue weighted by atomic mass is 35.5. The molecule has 2 unspecified atom stereocenters. The normalized spacial score (nSPS) is 16.8. The van der Waals surface area contributed by atoms with E-state index >= 15 is 0 Å². The minimum absolute atomic E-state index is 0.0906. The van der Waals surface area contributed by atoms with Crippen molar-refractivity contribution >= 4 is 31.2 Å². The molecule has 2 aromatic rings. The second-order valence-corrected chi connectivity index (χ2v) is 10.8. The summed E-state index contributed by atoms with van der Waals surface area (Å²) in [6, 6.07) is 11.8. The molecule has 0 bridgehead atoms. The lowest BCUT2D eigenvalue weighted by Gasteiger charge is -2.18. The Bertz CT molecular complexity index is 940. The van der Waals surface area contributed by atoms with E-state index in [-0.39, 0.29) is 18.3 Å². The third kappa shape index (κ3) is 7.50. The van der Waals surface area contributed by atoms with Crippen LogP contribution in [0.2, 0.25) is 5.02 Å². The van der Waals surface area contributed by atoms with Crippen molar-refractivity contribution in [3.05, 3.63) is 52.5 Å². The first-order valence-corrected chi connectivity index (χ1v) is 13.1. The molecule has 2 aromatic carbocycles. The van der Waals surface area contributed by atoms with Gasteiger partial charge in [-0.3, -0.25) is 4.52 Å². The zero-order valence-electron chi connectivity index (χ0n) is 17.5. The molecule has 0 radical (unpaired) electrons. The summed E-state index contributed by atoms with van der Waals surface area (Å²) in [5.41, 5.74) is 2.28. The standard InChI is InChI=1S/C22H29ClNO5PS/c1-2-3-15(14-28-30(26,27)29-24)4-5-17-8-10-19(13-20(17)23)31-22-12-18(16-6-7-16)9-11-21(22)25/h8-13,15-16,25H,2-7,14,24H2,1H3,(H,26,27). The van der Waals surface area contributed by atoms with E-state index in [9.17, 15) is 14.6 Å². The van der Waals surface area contributed by atoms with Gasteiger partial charge in [0.25, 0.3) is 0 Å². The van der Waals surface area contributed by atoms with Crippen LogP contribution in [0, 0.1) is 5.92 Å². The van der Waals surface area contributed by atoms with Crippen LogP contribution in [0.5, 0.6) is 5.75 Å². The summed E-state index contributed by atoms with van der Waals surface area (Å²) in [4.78, 5) is 11.1. The molecule has 1 fully saturated rings. The van der Waals surface area contributed by atoms with E-state index in [4.69, 9.17) is 22.0 Å². The number of hydrogen-bond donors (Lipinski definition) is 3. The molecule has 170 valence electrons. The maximum atomic E-state index is 11.4. The zero-order valence-corrected chi connectivity index (χ0v) is 20.0. The molecule has 6 nitrogen and oxygen atoms in total. The first-order chi connectivity index (χ1) is 14.8. The maximum Gasteiger partial charge on any atom is 0.488 e. The minimum atomic E-state index is -4.18. The molecular formula is C22H29ClNO5PS. The fraction of sp³-hybridized carbons (Fsp3) is 0.455. The lowest BCUT2D eigenvalue weighted by Crippen LogP contribution is -2.12. The summed E-state index contributed by atoms with van der Waals surface area (Å²) in [5.74, 6) is 5.78. The molecule has 1 aliphatic rings. The third-order valence-electron chi connectivity index (χ3n) is 5.41. The summed E-state index contributed by atoms with van der Waals surface area (Å²) >= 11 is 8.03. The number of rotatable bonds is 12. The van der Waals surface area contributed by atoms with Crippen molar-refractivity contribution in [3.8, 4) is 5.75 Å². The summed E-state index contributed by atoms with van der Waals surface area (Å²) in [5, 5.41) is 10.9. The molecule has 0 saturated heterocycles. The lowest BCUT2D eigenvalue weighted by molar-refractivity contribution is 0.127. The Morgan fingerprint density at radius 2 is 2.03 bits per heavy atom. The van der Waals surface area contributed by atoms with Crippen LogP contribution in [0.3, 0.4) is 0 Å². The fourth-order valence-corrected chi connectivity index (χ4v) is 5.25. The van der Waals surface area contributed by atoms with Gasteiger partial charge in [-0.1, -0.05) is 48.8 Å². The molecule has 4 N–H and O–H groups in total. The average molecular weight is 486 g/mol. The van der Waals surface area contributed by atoms with Gasteiger partial charge >= 0.3 is 7.82 Å². The van der Waals surface area contributed by atoms with Gasteiger partial charge < -0.3 is 10.00 Å². The minimum Gasteiger partial charge on any atom is -0.507 e. The monoisotopic (exact) mass is 485 g/mol. The fourth-order valence-electron chi connectivity index (χ4n) is 3.51. The zero-order chi connectivity index (χ0) is 22.4. The van der Waals surface area contributed by atoms with Gasteiger partial charge in [-0.25, -0.2) is 15.1 Å². The number of hydrogen-bond acceptors (Lipinski definition) is 6. The van der Waals surface area contributed by atoms with Crippen LogP contribution in [0.25, 0.3) is 0 Å². The molecule has 2 atom stereocenters. The van der Waals surface area contributed by atoms with E-state index in [1.165, 1.54) is 30.2 Å². The van der Waals surface area contributed by atoms with E-state index in [1.807, 2.05) is 24.3 Å². The van der Waals surface area contributed by atoms with E-state index in [2.05, 4.69) is 17.6 Å². The van der Waals surface area contributed by atoms with E-state index in [0.29, 0.717) is 10.9 Å².